The van der Waals surface area contributed by atoms with Crippen molar-refractivity contribution >= 4 is 17.3 Å². The Kier molecular flexibility index (Phi) is 3.14. The van der Waals surface area contributed by atoms with Crippen molar-refractivity contribution < 1.29 is 9.18 Å². The summed E-state index contributed by atoms with van der Waals surface area (Å²) >= 11 is 0. The van der Waals surface area contributed by atoms with Crippen LogP contribution >= 0.6 is 0 Å². The van der Waals surface area contributed by atoms with Crippen LogP contribution in [0.1, 0.15) is 22.3 Å². The summed E-state index contributed by atoms with van der Waals surface area (Å²) < 4.78 is 13.5. The van der Waals surface area contributed by atoms with E-state index >= 15 is 0 Å². The van der Waals surface area contributed by atoms with E-state index in [0.29, 0.717) is 12.1 Å². The number of anilines is 2. The number of fused-ring (bicyclic) bond motifs is 1. The number of aryl methyl sites for hydroxylation is 1. The second-order valence-electron chi connectivity index (χ2n) is 4.93. The van der Waals surface area contributed by atoms with Crippen LogP contribution in [0.25, 0.3) is 0 Å². The predicted octanol–water partition coefficient (Wildman–Crippen LogP) is 3.00. The number of para-hydroxylation sites is 1. The van der Waals surface area contributed by atoms with Crippen LogP contribution in [-0.4, -0.2) is 12.5 Å². The van der Waals surface area contributed by atoms with Gasteiger partial charge < -0.3 is 10.6 Å². The highest BCUT2D eigenvalue weighted by molar-refractivity contribution is 6.06. The van der Waals surface area contributed by atoms with Crippen LogP contribution in [0.4, 0.5) is 15.8 Å². The Labute approximate surface area is 116 Å². The number of halogens is 1. The summed E-state index contributed by atoms with van der Waals surface area (Å²) in [6.07, 6.45) is 1.89. The van der Waals surface area contributed by atoms with E-state index in [4.69, 9.17) is 5.73 Å². The monoisotopic (exact) mass is 270 g/mol. The number of carbonyl (C=O) groups is 1. The lowest BCUT2D eigenvalue weighted by Gasteiger charge is -2.29. The third kappa shape index (κ3) is 2.13. The number of hydrogen-bond acceptors (Lipinski definition) is 2. The quantitative estimate of drug-likeness (QED) is 0.810. The number of nitrogen functional groups attached to an aromatic ring is 1. The molecule has 0 bridgehead atoms. The maximum absolute atomic E-state index is 13.5. The van der Waals surface area contributed by atoms with Gasteiger partial charge in [-0.2, -0.15) is 0 Å². The molecular weight excluding hydrogens is 255 g/mol. The van der Waals surface area contributed by atoms with Crippen molar-refractivity contribution in [2.45, 2.75) is 12.8 Å². The lowest BCUT2D eigenvalue weighted by molar-refractivity contribution is 0.0984. The van der Waals surface area contributed by atoms with Crippen LogP contribution in [0.2, 0.25) is 0 Å². The highest BCUT2D eigenvalue weighted by Gasteiger charge is 2.23. The zero-order valence-corrected chi connectivity index (χ0v) is 11.0. The molecule has 0 spiro atoms. The normalized spacial score (nSPS) is 13.9. The number of hydrogen-bond donors (Lipinski definition) is 1. The Morgan fingerprint density at radius 3 is 2.80 bits per heavy atom. The molecule has 2 N–H and O–H groups in total. The molecule has 0 aliphatic carbocycles. The second-order valence-corrected chi connectivity index (χ2v) is 4.93. The highest BCUT2D eigenvalue weighted by Crippen LogP contribution is 2.28. The van der Waals surface area contributed by atoms with Crippen molar-refractivity contribution in [3.63, 3.8) is 0 Å². The third-order valence-corrected chi connectivity index (χ3v) is 3.60. The summed E-state index contributed by atoms with van der Waals surface area (Å²) in [6, 6.07) is 12.0. The minimum Gasteiger partial charge on any atom is -0.396 e. The first-order chi connectivity index (χ1) is 9.66. The number of nitrogens with zero attached hydrogens (tertiary/aromatic N) is 1. The molecule has 4 heteroatoms. The molecule has 1 aliphatic rings. The molecule has 0 atom stereocenters. The molecule has 2 aromatic rings. The van der Waals surface area contributed by atoms with Crippen LogP contribution in [-0.2, 0) is 6.42 Å². The molecule has 2 aromatic carbocycles. The van der Waals surface area contributed by atoms with Crippen molar-refractivity contribution in [2.75, 3.05) is 17.2 Å². The maximum Gasteiger partial charge on any atom is 0.258 e. The van der Waals surface area contributed by atoms with Gasteiger partial charge in [-0.05, 0) is 42.7 Å². The summed E-state index contributed by atoms with van der Waals surface area (Å²) in [6.45, 7) is 0.655. The Hall–Kier alpha value is -2.36. The van der Waals surface area contributed by atoms with E-state index in [9.17, 15) is 9.18 Å². The number of nitrogens with two attached hydrogens (primary N) is 1. The molecule has 20 heavy (non-hydrogen) atoms. The fourth-order valence-corrected chi connectivity index (χ4v) is 2.56. The minimum absolute atomic E-state index is 0.0561. The van der Waals surface area contributed by atoms with Gasteiger partial charge in [0.1, 0.15) is 5.82 Å². The van der Waals surface area contributed by atoms with Crippen molar-refractivity contribution in [2.24, 2.45) is 0 Å². The van der Waals surface area contributed by atoms with Crippen LogP contribution < -0.4 is 10.6 Å². The van der Waals surface area contributed by atoms with Crippen molar-refractivity contribution in [1.82, 2.24) is 0 Å². The largest absolute Gasteiger partial charge is 0.396 e. The van der Waals surface area contributed by atoms with E-state index in [-0.39, 0.29) is 11.6 Å². The van der Waals surface area contributed by atoms with E-state index in [1.54, 1.807) is 11.0 Å². The van der Waals surface area contributed by atoms with Crippen LogP contribution in [0.3, 0.4) is 0 Å². The summed E-state index contributed by atoms with van der Waals surface area (Å²) in [5.74, 6) is -0.739. The van der Waals surface area contributed by atoms with Crippen molar-refractivity contribution in [3.8, 4) is 0 Å². The number of carbonyl (C=O) groups excluding carboxylic acids is 1. The van der Waals surface area contributed by atoms with Crippen LogP contribution in [0, 0.1) is 5.82 Å². The predicted molar refractivity (Wildman–Crippen MR) is 77.3 cm³/mol. The van der Waals surface area contributed by atoms with Gasteiger partial charge in [0, 0.05) is 17.8 Å². The molecule has 102 valence electrons. The molecule has 1 aliphatic heterocycles. The number of benzene rings is 2. The highest BCUT2D eigenvalue weighted by atomic mass is 19.1. The maximum atomic E-state index is 13.5. The van der Waals surface area contributed by atoms with E-state index in [2.05, 4.69) is 0 Å². The molecule has 0 radical (unpaired) electrons. The molecule has 0 unspecified atom stereocenters. The summed E-state index contributed by atoms with van der Waals surface area (Å²) in [7, 11) is 0. The fraction of sp³-hybridized carbons (Fsp3) is 0.188. The summed E-state index contributed by atoms with van der Waals surface area (Å²) in [5.41, 5.74) is 7.90. The number of rotatable bonds is 1. The van der Waals surface area contributed by atoms with E-state index in [1.165, 1.54) is 12.1 Å². The van der Waals surface area contributed by atoms with E-state index in [0.717, 1.165) is 24.1 Å². The first-order valence-electron chi connectivity index (χ1n) is 6.61. The topological polar surface area (TPSA) is 46.3 Å². The standard InChI is InChI=1S/C16H15FN2O/c17-13-10-12(7-8-14(13)18)16(20)19-9-3-5-11-4-1-2-6-15(11)19/h1-2,4,6-8,10H,3,5,9,18H2. The average molecular weight is 270 g/mol. The van der Waals surface area contributed by atoms with Gasteiger partial charge in [-0.3, -0.25) is 4.79 Å². The first-order valence-corrected chi connectivity index (χ1v) is 6.61. The van der Waals surface area contributed by atoms with Gasteiger partial charge in [0.2, 0.25) is 0 Å². The zero-order chi connectivity index (χ0) is 14.1. The summed E-state index contributed by atoms with van der Waals surface area (Å²) in [5, 5.41) is 0. The summed E-state index contributed by atoms with van der Waals surface area (Å²) in [4.78, 5) is 14.3. The van der Waals surface area contributed by atoms with Crippen molar-refractivity contribution in [3.05, 3.63) is 59.4 Å². The Bertz CT molecular complexity index is 669. The Morgan fingerprint density at radius 1 is 1.20 bits per heavy atom. The van der Waals surface area contributed by atoms with Gasteiger partial charge in [0.15, 0.2) is 0 Å². The molecule has 0 saturated heterocycles. The molecule has 0 aromatic heterocycles. The molecule has 0 fully saturated rings. The fourth-order valence-electron chi connectivity index (χ4n) is 2.56. The van der Waals surface area contributed by atoms with E-state index in [1.807, 2.05) is 24.3 Å². The molecule has 1 amide bonds. The molecule has 3 rings (SSSR count). The van der Waals surface area contributed by atoms with E-state index < -0.39 is 5.82 Å². The average Bonchev–Trinajstić information content (AvgIpc) is 2.49. The lowest BCUT2D eigenvalue weighted by Crippen LogP contribution is -2.35. The first kappa shape index (κ1) is 12.7. The SMILES string of the molecule is Nc1ccc(C(=O)N2CCCc3ccccc32)cc1F. The second kappa shape index (κ2) is 4.96. The van der Waals surface area contributed by atoms with Gasteiger partial charge in [-0.25, -0.2) is 4.39 Å². The third-order valence-electron chi connectivity index (χ3n) is 3.60. The number of amides is 1. The zero-order valence-electron chi connectivity index (χ0n) is 11.0. The minimum atomic E-state index is -0.554. The Balaban J connectivity index is 1.97. The molecule has 0 saturated carbocycles. The van der Waals surface area contributed by atoms with Gasteiger partial charge in [-0.15, -0.1) is 0 Å². The Morgan fingerprint density at radius 2 is 2.00 bits per heavy atom. The smallest absolute Gasteiger partial charge is 0.258 e. The molecular formula is C16H15FN2O. The van der Waals surface area contributed by atoms with Crippen LogP contribution in [0.15, 0.2) is 42.5 Å². The van der Waals surface area contributed by atoms with Gasteiger partial charge in [0.05, 0.1) is 5.69 Å². The van der Waals surface area contributed by atoms with Gasteiger partial charge >= 0.3 is 0 Å². The van der Waals surface area contributed by atoms with Crippen LogP contribution in [0.5, 0.6) is 0 Å². The van der Waals surface area contributed by atoms with Gasteiger partial charge in [-0.1, -0.05) is 18.2 Å². The van der Waals surface area contributed by atoms with Crippen molar-refractivity contribution in [1.29, 1.82) is 0 Å². The molecule has 1 heterocycles. The lowest BCUT2D eigenvalue weighted by atomic mass is 10.0. The van der Waals surface area contributed by atoms with Gasteiger partial charge in [0.25, 0.3) is 5.91 Å². The molecule has 3 nitrogen and oxygen atoms in total.